The van der Waals surface area contributed by atoms with Crippen LogP contribution in [0.5, 0.6) is 0 Å². The molecule has 0 aliphatic rings. The second-order valence-corrected chi connectivity index (χ2v) is 2.99. The van der Waals surface area contributed by atoms with E-state index in [1.807, 2.05) is 12.1 Å². The summed E-state index contributed by atoms with van der Waals surface area (Å²) in [6.07, 6.45) is 1.14. The van der Waals surface area contributed by atoms with E-state index in [0.29, 0.717) is 0 Å². The molecule has 0 fully saturated rings. The van der Waals surface area contributed by atoms with E-state index in [2.05, 4.69) is 32.0 Å². The van der Waals surface area contributed by atoms with Crippen molar-refractivity contribution in [3.63, 3.8) is 0 Å². The second kappa shape index (κ2) is 5.49. The predicted octanol–water partition coefficient (Wildman–Crippen LogP) is 2.68. The molecular weight excluding hydrogens is 185 g/mol. The van der Waals surface area contributed by atoms with Crippen LogP contribution in [0.3, 0.4) is 0 Å². The van der Waals surface area contributed by atoms with Crippen LogP contribution in [-0.2, 0) is 25.9 Å². The molecule has 0 aliphatic carbocycles. The first-order chi connectivity index (χ1) is 4.79. The predicted molar refractivity (Wildman–Crippen MR) is 43.8 cm³/mol. The maximum absolute atomic E-state index is 3.20. The van der Waals surface area contributed by atoms with E-state index in [9.17, 15) is 0 Å². The zero-order chi connectivity index (χ0) is 7.40. The number of benzene rings is 1. The molecule has 0 aromatic heterocycles. The first kappa shape index (κ1) is 10.8. The summed E-state index contributed by atoms with van der Waals surface area (Å²) in [5.74, 6) is 0.735. The van der Waals surface area contributed by atoms with Gasteiger partial charge in [0.1, 0.15) is 0 Å². The molecule has 1 heteroatoms. The van der Waals surface area contributed by atoms with Gasteiger partial charge in [-0.05, 0) is 12.3 Å². The molecule has 0 radical (unpaired) electrons. The molecule has 0 atom stereocenters. The van der Waals surface area contributed by atoms with E-state index in [4.69, 9.17) is 0 Å². The normalized spacial score (nSPS) is 9.36. The molecule has 0 bridgehead atoms. The summed E-state index contributed by atoms with van der Waals surface area (Å²) in [7, 11) is 0. The molecule has 0 spiro atoms. The number of hydrogen-bond acceptors (Lipinski definition) is 0. The van der Waals surface area contributed by atoms with Crippen LogP contribution >= 0.6 is 0 Å². The first-order valence-electron chi connectivity index (χ1n) is 3.74. The molecule has 1 rings (SSSR count). The van der Waals surface area contributed by atoms with Crippen molar-refractivity contribution in [2.45, 2.75) is 20.3 Å². The fraction of sp³-hybridized carbons (Fsp3) is 0.400. The van der Waals surface area contributed by atoms with Gasteiger partial charge in [-0.2, -0.15) is 35.9 Å². The fourth-order valence-electron chi connectivity index (χ4n) is 0.997. The van der Waals surface area contributed by atoms with Crippen LogP contribution in [0, 0.1) is 12.0 Å². The Morgan fingerprint density at radius 3 is 2.55 bits per heavy atom. The third-order valence-corrected chi connectivity index (χ3v) is 1.40. The third-order valence-electron chi connectivity index (χ3n) is 1.40. The van der Waals surface area contributed by atoms with Crippen LogP contribution < -0.4 is 0 Å². The number of rotatable bonds is 2. The van der Waals surface area contributed by atoms with Gasteiger partial charge in [-0.1, -0.05) is 13.8 Å². The van der Waals surface area contributed by atoms with Crippen molar-refractivity contribution in [1.82, 2.24) is 0 Å². The SMILES string of the molecule is CC(C)Cc1[c-]cccc1.[Zn]. The maximum Gasteiger partial charge on any atom is 0 e. The minimum Gasteiger partial charge on any atom is -0.180 e. The van der Waals surface area contributed by atoms with Gasteiger partial charge in [-0.25, -0.2) is 0 Å². The van der Waals surface area contributed by atoms with Crippen molar-refractivity contribution < 1.29 is 19.5 Å². The molecule has 0 saturated carbocycles. The topological polar surface area (TPSA) is 0 Å². The second-order valence-electron chi connectivity index (χ2n) is 2.99. The minimum absolute atomic E-state index is 0. The summed E-state index contributed by atoms with van der Waals surface area (Å²) in [5, 5.41) is 0. The summed E-state index contributed by atoms with van der Waals surface area (Å²) in [6, 6.07) is 11.4. The molecule has 0 unspecified atom stereocenters. The zero-order valence-electron chi connectivity index (χ0n) is 7.30. The van der Waals surface area contributed by atoms with Crippen molar-refractivity contribution in [3.8, 4) is 0 Å². The Morgan fingerprint density at radius 2 is 2.09 bits per heavy atom. The summed E-state index contributed by atoms with van der Waals surface area (Å²) < 4.78 is 0. The molecule has 1 aromatic rings. The first-order valence-corrected chi connectivity index (χ1v) is 3.74. The largest absolute Gasteiger partial charge is 0.180 e. The van der Waals surface area contributed by atoms with Crippen LogP contribution in [0.15, 0.2) is 24.3 Å². The molecule has 56 valence electrons. The molecule has 11 heavy (non-hydrogen) atoms. The van der Waals surface area contributed by atoms with Gasteiger partial charge in [0, 0.05) is 19.5 Å². The zero-order valence-corrected chi connectivity index (χ0v) is 10.3. The Morgan fingerprint density at radius 1 is 1.36 bits per heavy atom. The smallest absolute Gasteiger partial charge is 0 e. The van der Waals surface area contributed by atoms with Gasteiger partial charge in [0.25, 0.3) is 0 Å². The van der Waals surface area contributed by atoms with Gasteiger partial charge in [-0.3, -0.25) is 0 Å². The molecule has 0 aliphatic heterocycles. The van der Waals surface area contributed by atoms with E-state index in [1.54, 1.807) is 0 Å². The minimum atomic E-state index is 0. The average molecular weight is 199 g/mol. The fourth-order valence-corrected chi connectivity index (χ4v) is 0.997. The molecule has 0 heterocycles. The van der Waals surface area contributed by atoms with Crippen LogP contribution in [0.2, 0.25) is 0 Å². The molecule has 0 saturated heterocycles. The average Bonchev–Trinajstić information content (AvgIpc) is 1.88. The quantitative estimate of drug-likeness (QED) is 0.506. The summed E-state index contributed by atoms with van der Waals surface area (Å²) >= 11 is 0. The van der Waals surface area contributed by atoms with Gasteiger partial charge in [0.05, 0.1) is 0 Å². The van der Waals surface area contributed by atoms with Crippen LogP contribution in [0.4, 0.5) is 0 Å². The third kappa shape index (κ3) is 4.32. The van der Waals surface area contributed by atoms with Gasteiger partial charge < -0.3 is 0 Å². The maximum atomic E-state index is 3.20. The molecule has 0 amide bonds. The van der Waals surface area contributed by atoms with Gasteiger partial charge in [0.2, 0.25) is 0 Å². The summed E-state index contributed by atoms with van der Waals surface area (Å²) in [4.78, 5) is 0. The van der Waals surface area contributed by atoms with Gasteiger partial charge in [0.15, 0.2) is 0 Å². The van der Waals surface area contributed by atoms with Crippen molar-refractivity contribution in [1.29, 1.82) is 0 Å². The van der Waals surface area contributed by atoms with E-state index in [0.717, 1.165) is 12.3 Å². The Kier molecular flexibility index (Phi) is 5.41. The Bertz CT molecular complexity index is 179. The summed E-state index contributed by atoms with van der Waals surface area (Å²) in [6.45, 7) is 4.45. The van der Waals surface area contributed by atoms with Gasteiger partial charge in [-0.15, -0.1) is 0 Å². The Balaban J connectivity index is 0.000001000. The Hall–Kier alpha value is -0.157. The van der Waals surface area contributed by atoms with Crippen LogP contribution in [-0.4, -0.2) is 0 Å². The van der Waals surface area contributed by atoms with E-state index >= 15 is 0 Å². The molecule has 1 aromatic carbocycles. The van der Waals surface area contributed by atoms with E-state index in [1.165, 1.54) is 5.56 Å². The Labute approximate surface area is 81.8 Å². The van der Waals surface area contributed by atoms with Crippen LogP contribution in [0.25, 0.3) is 0 Å². The van der Waals surface area contributed by atoms with Crippen molar-refractivity contribution in [2.75, 3.05) is 0 Å². The standard InChI is InChI=1S/C10H13.Zn/c1-9(2)8-10-6-4-3-5-7-10;/h3-6,9H,8H2,1-2H3;/q-1;. The van der Waals surface area contributed by atoms with Crippen molar-refractivity contribution in [3.05, 3.63) is 35.9 Å². The van der Waals surface area contributed by atoms with Crippen molar-refractivity contribution >= 4 is 0 Å². The van der Waals surface area contributed by atoms with E-state index < -0.39 is 0 Å². The van der Waals surface area contributed by atoms with E-state index in [-0.39, 0.29) is 19.5 Å². The summed E-state index contributed by atoms with van der Waals surface area (Å²) in [5.41, 5.74) is 1.32. The monoisotopic (exact) mass is 197 g/mol. The van der Waals surface area contributed by atoms with Crippen LogP contribution in [0.1, 0.15) is 19.4 Å². The number of hydrogen-bond donors (Lipinski definition) is 0. The van der Waals surface area contributed by atoms with Crippen molar-refractivity contribution in [2.24, 2.45) is 5.92 Å². The molecular formula is C10H13Zn-. The molecule has 0 N–H and O–H groups in total. The molecule has 0 nitrogen and oxygen atoms in total. The van der Waals surface area contributed by atoms with Gasteiger partial charge >= 0.3 is 0 Å².